The van der Waals surface area contributed by atoms with Crippen molar-refractivity contribution in [3.05, 3.63) is 65.7 Å². The predicted octanol–water partition coefficient (Wildman–Crippen LogP) is 4.52. The van der Waals surface area contributed by atoms with Gasteiger partial charge in [0.15, 0.2) is 0 Å². The number of nitrogens with one attached hydrogen (secondary N) is 2. The van der Waals surface area contributed by atoms with Crippen LogP contribution in [-0.4, -0.2) is 55.0 Å². The van der Waals surface area contributed by atoms with E-state index in [4.69, 9.17) is 14.6 Å². The first-order chi connectivity index (χ1) is 16.2. The molecule has 2 aliphatic rings. The summed E-state index contributed by atoms with van der Waals surface area (Å²) in [6.45, 7) is 4.75. The molecule has 33 heavy (non-hydrogen) atoms. The molecule has 6 nitrogen and oxygen atoms in total. The Bertz CT molecular complexity index is 1100. The second-order valence-corrected chi connectivity index (χ2v) is 9.03. The molecule has 6 heteroatoms. The molecule has 1 aliphatic carbocycles. The Labute approximate surface area is 195 Å². The van der Waals surface area contributed by atoms with Crippen LogP contribution in [0, 0.1) is 5.41 Å². The maximum atomic E-state index is 8.14. The number of hydrogen-bond donors (Lipinski definition) is 2. The molecule has 1 aliphatic heterocycles. The molecule has 0 unspecified atom stereocenters. The first-order valence-corrected chi connectivity index (χ1v) is 11.9. The molecule has 5 rings (SSSR count). The van der Waals surface area contributed by atoms with Gasteiger partial charge in [-0.15, -0.1) is 0 Å². The van der Waals surface area contributed by atoms with Crippen molar-refractivity contribution in [2.75, 3.05) is 33.4 Å². The number of pyridine rings is 1. The summed E-state index contributed by atoms with van der Waals surface area (Å²) in [5.74, 6) is 1.85. The van der Waals surface area contributed by atoms with E-state index in [1.54, 1.807) is 7.11 Å². The van der Waals surface area contributed by atoms with Gasteiger partial charge in [0.2, 0.25) is 0 Å². The smallest absolute Gasteiger partial charge is 0.142 e. The summed E-state index contributed by atoms with van der Waals surface area (Å²) in [5.41, 5.74) is 6.34. The molecular formula is C27H32N4O2. The number of fused-ring (bicyclic) bond motifs is 1. The lowest BCUT2D eigenvalue weighted by molar-refractivity contribution is 0.125. The van der Waals surface area contributed by atoms with Crippen LogP contribution in [-0.2, 0) is 17.7 Å². The van der Waals surface area contributed by atoms with Crippen molar-refractivity contribution in [2.24, 2.45) is 0 Å². The topological polar surface area (TPSA) is 74.4 Å². The highest BCUT2D eigenvalue weighted by Gasteiger charge is 2.22. The third kappa shape index (κ3) is 4.93. The fourth-order valence-corrected chi connectivity index (χ4v) is 4.95. The van der Waals surface area contributed by atoms with Gasteiger partial charge in [0, 0.05) is 48.9 Å². The van der Waals surface area contributed by atoms with E-state index in [-0.39, 0.29) is 0 Å². The summed E-state index contributed by atoms with van der Waals surface area (Å²) < 4.78 is 11.7. The van der Waals surface area contributed by atoms with Crippen molar-refractivity contribution in [2.45, 2.75) is 38.3 Å². The molecule has 0 amide bonds. The molecule has 2 N–H and O–H groups in total. The lowest BCUT2D eigenvalue weighted by Gasteiger charge is -2.32. The maximum absolute atomic E-state index is 8.14. The summed E-state index contributed by atoms with van der Waals surface area (Å²) in [5, 5.41) is 11.8. The summed E-state index contributed by atoms with van der Waals surface area (Å²) in [6, 6.07) is 13.1. The lowest BCUT2D eigenvalue weighted by Crippen LogP contribution is -2.43. The number of rotatable bonds is 8. The van der Waals surface area contributed by atoms with Gasteiger partial charge < -0.3 is 24.8 Å². The molecule has 172 valence electrons. The highest BCUT2D eigenvalue weighted by molar-refractivity contribution is 6.02. The van der Waals surface area contributed by atoms with Crippen molar-refractivity contribution in [1.29, 1.82) is 5.41 Å². The minimum Gasteiger partial charge on any atom is -0.459 e. The van der Waals surface area contributed by atoms with Crippen LogP contribution in [0.1, 0.15) is 36.1 Å². The number of furan rings is 1. The van der Waals surface area contributed by atoms with Gasteiger partial charge in [0.1, 0.15) is 11.5 Å². The number of aryl methyl sites for hydroxylation is 1. The Morgan fingerprint density at radius 3 is 2.67 bits per heavy atom. The van der Waals surface area contributed by atoms with Gasteiger partial charge >= 0.3 is 0 Å². The van der Waals surface area contributed by atoms with Gasteiger partial charge in [-0.3, -0.25) is 4.98 Å². The summed E-state index contributed by atoms with van der Waals surface area (Å²) in [7, 11) is 1.76. The zero-order chi connectivity index (χ0) is 22.6. The summed E-state index contributed by atoms with van der Waals surface area (Å²) in [6.07, 6.45) is 7.70. The van der Waals surface area contributed by atoms with E-state index in [2.05, 4.69) is 39.5 Å². The number of hydrogen-bond acceptors (Lipinski definition) is 6. The van der Waals surface area contributed by atoms with Gasteiger partial charge in [-0.2, -0.15) is 0 Å². The van der Waals surface area contributed by atoms with E-state index in [1.807, 2.05) is 24.5 Å². The quantitative estimate of drug-likeness (QED) is 0.534. The minimum absolute atomic E-state index is 0.507. The van der Waals surface area contributed by atoms with E-state index in [0.717, 1.165) is 98.0 Å². The zero-order valence-corrected chi connectivity index (χ0v) is 19.3. The molecular weight excluding hydrogens is 412 g/mol. The van der Waals surface area contributed by atoms with Crippen LogP contribution in [0.25, 0.3) is 22.5 Å². The molecule has 1 saturated heterocycles. The molecule has 0 atom stereocenters. The number of nitrogens with zero attached hydrogens (tertiary/aromatic N) is 2. The van der Waals surface area contributed by atoms with Crippen LogP contribution < -0.4 is 5.32 Å². The van der Waals surface area contributed by atoms with E-state index >= 15 is 0 Å². The first-order valence-electron chi connectivity index (χ1n) is 11.9. The largest absolute Gasteiger partial charge is 0.459 e. The lowest BCUT2D eigenvalue weighted by atomic mass is 9.99. The van der Waals surface area contributed by atoms with Crippen molar-refractivity contribution >= 4 is 5.71 Å². The highest BCUT2D eigenvalue weighted by Crippen LogP contribution is 2.37. The number of likely N-dealkylation sites (tertiary alicyclic amines) is 1. The number of piperidine rings is 1. The van der Waals surface area contributed by atoms with Crippen LogP contribution in [0.2, 0.25) is 0 Å². The molecule has 0 bridgehead atoms. The van der Waals surface area contributed by atoms with Crippen molar-refractivity contribution in [3.63, 3.8) is 0 Å². The van der Waals surface area contributed by atoms with Crippen molar-refractivity contribution in [3.8, 4) is 22.5 Å². The van der Waals surface area contributed by atoms with Gasteiger partial charge in [-0.25, -0.2) is 0 Å². The first kappa shape index (κ1) is 22.0. The van der Waals surface area contributed by atoms with E-state index in [0.29, 0.717) is 6.04 Å². The number of benzene rings is 1. The standard InChI is InChI=1S/C27H32N4O2/c1-32-15-14-31-12-8-22(9-13-31)30-18-23-17-25(19-6-10-29-11-7-19)27(33-23)21-2-4-24-20(16-21)3-5-26(24)28/h2,4,6-7,10-11,16-17,22,28,30H,3,5,8-9,12-15,18H2,1H3. The SMILES string of the molecule is COCCN1CCC(NCc2cc(-c3ccncc3)c(-c3ccc4c(c3)CCC4=N)o2)CC1. The molecule has 0 radical (unpaired) electrons. The Kier molecular flexibility index (Phi) is 6.67. The van der Waals surface area contributed by atoms with Crippen LogP contribution >= 0.6 is 0 Å². The molecule has 1 aromatic carbocycles. The Morgan fingerprint density at radius 1 is 1.06 bits per heavy atom. The number of ether oxygens (including phenoxy) is 1. The third-order valence-corrected chi connectivity index (χ3v) is 6.88. The van der Waals surface area contributed by atoms with Crippen LogP contribution in [0.3, 0.4) is 0 Å². The van der Waals surface area contributed by atoms with E-state index < -0.39 is 0 Å². The molecule has 0 saturated carbocycles. The maximum Gasteiger partial charge on any atom is 0.142 e. The average molecular weight is 445 g/mol. The second kappa shape index (κ2) is 10.00. The van der Waals surface area contributed by atoms with Crippen LogP contribution in [0.5, 0.6) is 0 Å². The summed E-state index contributed by atoms with van der Waals surface area (Å²) >= 11 is 0. The second-order valence-electron chi connectivity index (χ2n) is 9.03. The van der Waals surface area contributed by atoms with E-state index in [9.17, 15) is 0 Å². The third-order valence-electron chi connectivity index (χ3n) is 6.88. The van der Waals surface area contributed by atoms with Crippen molar-refractivity contribution < 1.29 is 9.15 Å². The van der Waals surface area contributed by atoms with Gasteiger partial charge in [0.05, 0.1) is 13.2 Å². The summed E-state index contributed by atoms with van der Waals surface area (Å²) in [4.78, 5) is 6.65. The van der Waals surface area contributed by atoms with Crippen LogP contribution in [0.4, 0.5) is 0 Å². The van der Waals surface area contributed by atoms with Crippen molar-refractivity contribution in [1.82, 2.24) is 15.2 Å². The fraction of sp³-hybridized carbons (Fsp3) is 0.407. The molecule has 3 aromatic rings. The monoisotopic (exact) mass is 444 g/mol. The van der Waals surface area contributed by atoms with Gasteiger partial charge in [0.25, 0.3) is 0 Å². The minimum atomic E-state index is 0.507. The molecule has 2 aromatic heterocycles. The normalized spacial score (nSPS) is 16.9. The van der Waals surface area contributed by atoms with Gasteiger partial charge in [-0.1, -0.05) is 12.1 Å². The zero-order valence-electron chi connectivity index (χ0n) is 19.3. The predicted molar refractivity (Wildman–Crippen MR) is 131 cm³/mol. The molecule has 1 fully saturated rings. The average Bonchev–Trinajstić information content (AvgIpc) is 3.46. The Hall–Kier alpha value is -2.80. The highest BCUT2D eigenvalue weighted by atomic mass is 16.5. The molecule has 3 heterocycles. The van der Waals surface area contributed by atoms with E-state index in [1.165, 1.54) is 5.56 Å². The number of methoxy groups -OCH3 is 1. The van der Waals surface area contributed by atoms with Crippen LogP contribution in [0.15, 0.2) is 53.2 Å². The molecule has 0 spiro atoms. The Morgan fingerprint density at radius 2 is 1.88 bits per heavy atom. The number of aromatic nitrogens is 1. The Balaban J connectivity index is 1.33. The fourth-order valence-electron chi connectivity index (χ4n) is 4.95. The van der Waals surface area contributed by atoms with Gasteiger partial charge in [-0.05, 0) is 79.7 Å².